The van der Waals surface area contributed by atoms with Gasteiger partial charge in [0.1, 0.15) is 5.69 Å². The van der Waals surface area contributed by atoms with Gasteiger partial charge in [0.15, 0.2) is 23.0 Å². The summed E-state index contributed by atoms with van der Waals surface area (Å²) in [6.45, 7) is 2.94. The highest BCUT2D eigenvalue weighted by Gasteiger charge is 2.53. The third kappa shape index (κ3) is 4.55. The van der Waals surface area contributed by atoms with Crippen LogP contribution in [-0.2, 0) is 16.1 Å². The van der Waals surface area contributed by atoms with Crippen LogP contribution in [-0.4, -0.2) is 55.7 Å². The maximum absolute atomic E-state index is 13.5. The van der Waals surface area contributed by atoms with Gasteiger partial charge in [-0.15, -0.1) is 5.10 Å². The van der Waals surface area contributed by atoms with Gasteiger partial charge in [0.05, 0.1) is 52.6 Å². The van der Waals surface area contributed by atoms with Crippen LogP contribution in [0.5, 0.6) is 28.7 Å². The second-order valence-corrected chi connectivity index (χ2v) is 10.9. The van der Waals surface area contributed by atoms with Gasteiger partial charge in [-0.2, -0.15) is 0 Å². The lowest BCUT2D eigenvalue weighted by Crippen LogP contribution is -2.37. The number of hydrogen-bond acceptors (Lipinski definition) is 10. The number of aromatic nitrogens is 3. The van der Waals surface area contributed by atoms with Crippen LogP contribution in [0.3, 0.4) is 0 Å². The first-order chi connectivity index (χ1) is 21.0. The van der Waals surface area contributed by atoms with E-state index < -0.39 is 5.92 Å². The maximum Gasteiger partial charge on any atom is 0.310 e. The molecule has 11 nitrogen and oxygen atoms in total. The molecule has 2 aliphatic heterocycles. The van der Waals surface area contributed by atoms with Gasteiger partial charge in [0.2, 0.25) is 12.5 Å². The van der Waals surface area contributed by atoms with E-state index in [9.17, 15) is 4.79 Å². The number of benzene rings is 3. The normalized spacial score (nSPS) is 21.5. The van der Waals surface area contributed by atoms with Crippen molar-refractivity contribution in [2.75, 3.05) is 40.0 Å². The molecule has 11 heteroatoms. The first kappa shape index (κ1) is 26.9. The molecule has 0 saturated carbocycles. The highest BCUT2D eigenvalue weighted by molar-refractivity contribution is 5.79. The van der Waals surface area contributed by atoms with E-state index in [1.54, 1.807) is 21.3 Å². The van der Waals surface area contributed by atoms with Crippen molar-refractivity contribution in [2.24, 2.45) is 11.8 Å². The molecule has 43 heavy (non-hydrogen) atoms. The lowest BCUT2D eigenvalue weighted by molar-refractivity contribution is -0.141. The summed E-state index contributed by atoms with van der Waals surface area (Å²) in [6, 6.07) is 15.6. The standard InChI is InChI=1S/C32H32N4O7/c1-17-5-7-19(8-6-17)33-13-20-14-36(35-34-20)30-22-12-25-24(42-16-43-25)11-21(22)28(29-23(30)15-41-32(29)37)18-9-26(38-2)31(40-4)27(10-18)39-3/h5-12,14,23,28-30,33H,13,15-16H2,1-4H3/t23-,28+,29-,30+/m0/s1. The number of aryl methyl sites for hydroxylation is 1. The predicted molar refractivity (Wildman–Crippen MR) is 155 cm³/mol. The third-order valence-electron chi connectivity index (χ3n) is 8.56. The number of fused-ring (bicyclic) bond motifs is 3. The number of nitrogens with one attached hydrogen (secondary N) is 1. The fourth-order valence-electron chi connectivity index (χ4n) is 6.55. The molecule has 7 rings (SSSR count). The summed E-state index contributed by atoms with van der Waals surface area (Å²) in [4.78, 5) is 13.5. The number of hydrogen-bond donors (Lipinski definition) is 1. The monoisotopic (exact) mass is 584 g/mol. The minimum atomic E-state index is -0.501. The van der Waals surface area contributed by atoms with Crippen molar-refractivity contribution >= 4 is 11.7 Å². The smallest absolute Gasteiger partial charge is 0.310 e. The Bertz CT molecular complexity index is 1660. The quantitative estimate of drug-likeness (QED) is 0.297. The van der Waals surface area contributed by atoms with E-state index in [0.717, 1.165) is 28.1 Å². The second kappa shape index (κ2) is 10.7. The number of anilines is 1. The molecule has 0 spiro atoms. The van der Waals surface area contributed by atoms with Crippen molar-refractivity contribution in [1.29, 1.82) is 0 Å². The van der Waals surface area contributed by atoms with Crippen molar-refractivity contribution in [3.05, 3.63) is 82.7 Å². The van der Waals surface area contributed by atoms with Crippen LogP contribution in [0, 0.1) is 18.8 Å². The van der Waals surface area contributed by atoms with E-state index in [4.69, 9.17) is 28.4 Å². The summed E-state index contributed by atoms with van der Waals surface area (Å²) < 4.78 is 36.1. The highest BCUT2D eigenvalue weighted by atomic mass is 16.7. The Kier molecular flexibility index (Phi) is 6.72. The molecular formula is C32H32N4O7. The van der Waals surface area contributed by atoms with Gasteiger partial charge in [-0.1, -0.05) is 22.9 Å². The zero-order valence-corrected chi connectivity index (χ0v) is 24.3. The Morgan fingerprint density at radius 3 is 2.30 bits per heavy atom. The summed E-state index contributed by atoms with van der Waals surface area (Å²) in [5, 5.41) is 12.4. The van der Waals surface area contributed by atoms with Gasteiger partial charge in [0, 0.05) is 17.5 Å². The van der Waals surface area contributed by atoms with E-state index in [2.05, 4.69) is 34.7 Å². The number of cyclic esters (lactones) is 1. The Labute approximate surface area is 248 Å². The molecule has 4 aromatic rings. The topological polar surface area (TPSA) is 115 Å². The number of carbonyl (C=O) groups excluding carboxylic acids is 1. The van der Waals surface area contributed by atoms with Gasteiger partial charge >= 0.3 is 5.97 Å². The van der Waals surface area contributed by atoms with Gasteiger partial charge in [0.25, 0.3) is 0 Å². The van der Waals surface area contributed by atoms with Crippen LogP contribution >= 0.6 is 0 Å². The number of rotatable bonds is 8. The summed E-state index contributed by atoms with van der Waals surface area (Å²) >= 11 is 0. The number of ether oxygens (including phenoxy) is 6. The molecule has 4 atom stereocenters. The molecule has 0 unspecified atom stereocenters. The van der Waals surface area contributed by atoms with Gasteiger partial charge < -0.3 is 33.7 Å². The lowest BCUT2D eigenvalue weighted by Gasteiger charge is -2.39. The third-order valence-corrected chi connectivity index (χ3v) is 8.56. The Balaban J connectivity index is 1.33. The first-order valence-electron chi connectivity index (χ1n) is 14.1. The second-order valence-electron chi connectivity index (χ2n) is 10.9. The average Bonchev–Trinajstić information content (AvgIpc) is 3.78. The summed E-state index contributed by atoms with van der Waals surface area (Å²) in [5.41, 5.74) is 5.68. The summed E-state index contributed by atoms with van der Waals surface area (Å²) in [7, 11) is 4.72. The van der Waals surface area contributed by atoms with Gasteiger partial charge in [-0.3, -0.25) is 4.79 Å². The molecule has 3 heterocycles. The average molecular weight is 585 g/mol. The van der Waals surface area contributed by atoms with E-state index in [-0.39, 0.29) is 37.2 Å². The van der Waals surface area contributed by atoms with Crippen LogP contribution < -0.4 is 29.0 Å². The minimum Gasteiger partial charge on any atom is -0.493 e. The van der Waals surface area contributed by atoms with Crippen molar-refractivity contribution < 1.29 is 33.2 Å². The number of esters is 1. The van der Waals surface area contributed by atoms with Crippen LogP contribution in [0.15, 0.2) is 54.7 Å². The molecule has 0 bridgehead atoms. The van der Waals surface area contributed by atoms with Gasteiger partial charge in [-0.05, 0) is 60.0 Å². The van der Waals surface area contributed by atoms with Crippen molar-refractivity contribution in [2.45, 2.75) is 25.4 Å². The van der Waals surface area contributed by atoms with Crippen molar-refractivity contribution in [3.63, 3.8) is 0 Å². The van der Waals surface area contributed by atoms with E-state index in [1.165, 1.54) is 5.56 Å². The SMILES string of the molecule is COc1cc([C@@H]2c3cc4c(cc3[C@@H](n3cc(CNc5ccc(C)cc5)nn3)[C@H]3COC(=O)[C@H]23)OCO4)cc(OC)c1OC. The fourth-order valence-corrected chi connectivity index (χ4v) is 6.55. The fraction of sp³-hybridized carbons (Fsp3) is 0.344. The summed E-state index contributed by atoms with van der Waals surface area (Å²) in [5.74, 6) is 1.41. The minimum absolute atomic E-state index is 0.130. The number of nitrogens with zero attached hydrogens (tertiary/aromatic N) is 3. The Morgan fingerprint density at radius 1 is 0.930 bits per heavy atom. The predicted octanol–water partition coefficient (Wildman–Crippen LogP) is 4.48. The van der Waals surface area contributed by atoms with Crippen LogP contribution in [0.25, 0.3) is 0 Å². The van der Waals surface area contributed by atoms with Gasteiger partial charge in [-0.25, -0.2) is 4.68 Å². The highest BCUT2D eigenvalue weighted by Crippen LogP contribution is 2.56. The maximum atomic E-state index is 13.5. The van der Waals surface area contributed by atoms with E-state index in [1.807, 2.05) is 47.3 Å². The molecule has 1 aromatic heterocycles. The lowest BCUT2D eigenvalue weighted by atomic mass is 9.65. The molecule has 1 fully saturated rings. The molecule has 1 N–H and O–H groups in total. The largest absolute Gasteiger partial charge is 0.493 e. The Hall–Kier alpha value is -4.93. The van der Waals surface area contributed by atoms with Crippen molar-refractivity contribution in [3.8, 4) is 28.7 Å². The van der Waals surface area contributed by atoms with Crippen LogP contribution in [0.2, 0.25) is 0 Å². The summed E-state index contributed by atoms with van der Waals surface area (Å²) in [6.07, 6.45) is 1.93. The molecule has 3 aromatic carbocycles. The Morgan fingerprint density at radius 2 is 1.63 bits per heavy atom. The van der Waals surface area contributed by atoms with Crippen molar-refractivity contribution in [1.82, 2.24) is 15.0 Å². The molecule has 0 radical (unpaired) electrons. The molecule has 1 aliphatic carbocycles. The molecule has 0 amide bonds. The molecule has 222 valence electrons. The zero-order chi connectivity index (χ0) is 29.7. The molecule has 1 saturated heterocycles. The van der Waals surface area contributed by atoms with E-state index >= 15 is 0 Å². The number of carbonyl (C=O) groups is 1. The van der Waals surface area contributed by atoms with E-state index in [0.29, 0.717) is 35.3 Å². The van der Waals surface area contributed by atoms with Crippen LogP contribution in [0.4, 0.5) is 5.69 Å². The number of methoxy groups -OCH3 is 3. The zero-order valence-electron chi connectivity index (χ0n) is 24.3. The molecular weight excluding hydrogens is 552 g/mol. The molecule has 3 aliphatic rings. The first-order valence-corrected chi connectivity index (χ1v) is 14.1. The van der Waals surface area contributed by atoms with Crippen LogP contribution in [0.1, 0.15) is 39.9 Å².